The molecule has 182 valence electrons. The largest absolute Gasteiger partial charge is 0.497 e. The molecule has 11 heteroatoms. The Morgan fingerprint density at radius 3 is 2.63 bits per heavy atom. The van der Waals surface area contributed by atoms with Crippen LogP contribution in [0, 0.1) is 5.92 Å². The van der Waals surface area contributed by atoms with Gasteiger partial charge in [-0.15, -0.1) is 11.3 Å². The van der Waals surface area contributed by atoms with Crippen LogP contribution >= 0.6 is 22.7 Å². The minimum atomic E-state index is -3.51. The van der Waals surface area contributed by atoms with Crippen molar-refractivity contribution in [3.63, 3.8) is 0 Å². The lowest BCUT2D eigenvalue weighted by atomic mass is 9.96. The molecule has 0 bridgehead atoms. The molecule has 0 spiro atoms. The highest BCUT2D eigenvalue weighted by molar-refractivity contribution is 7.91. The van der Waals surface area contributed by atoms with E-state index in [1.807, 2.05) is 30.3 Å². The van der Waals surface area contributed by atoms with Gasteiger partial charge in [0.15, 0.2) is 5.13 Å². The molecule has 0 unspecified atom stereocenters. The van der Waals surface area contributed by atoms with Gasteiger partial charge in [0.05, 0.1) is 23.9 Å². The maximum atomic E-state index is 13.8. The maximum Gasteiger partial charge on any atom is 0.252 e. The van der Waals surface area contributed by atoms with E-state index >= 15 is 0 Å². The summed E-state index contributed by atoms with van der Waals surface area (Å²) in [5.41, 5.74) is 1.75. The monoisotopic (exact) mass is 528 g/mol. The summed E-state index contributed by atoms with van der Waals surface area (Å²) in [6.45, 7) is 1.000. The molecule has 0 radical (unpaired) electrons. The Bertz CT molecular complexity index is 1410. The number of hydrogen-bond donors (Lipinski definition) is 0. The van der Waals surface area contributed by atoms with Gasteiger partial charge in [-0.25, -0.2) is 13.4 Å². The molecule has 3 aromatic heterocycles. The van der Waals surface area contributed by atoms with Crippen molar-refractivity contribution in [1.82, 2.24) is 14.3 Å². The molecule has 1 aliphatic heterocycles. The first-order valence-corrected chi connectivity index (χ1v) is 14.3. The third-order valence-electron chi connectivity index (χ3n) is 6.06. The van der Waals surface area contributed by atoms with Crippen LogP contribution in [0.3, 0.4) is 0 Å². The zero-order chi connectivity index (χ0) is 24.4. The third-order valence-corrected chi connectivity index (χ3v) is 10.4. The maximum absolute atomic E-state index is 13.8. The molecule has 0 aliphatic carbocycles. The predicted octanol–water partition coefficient (Wildman–Crippen LogP) is 4.40. The van der Waals surface area contributed by atoms with Crippen molar-refractivity contribution in [2.45, 2.75) is 23.6 Å². The number of anilines is 1. The quantitative estimate of drug-likeness (QED) is 0.353. The van der Waals surface area contributed by atoms with Crippen LogP contribution in [0.1, 0.15) is 18.4 Å². The number of amides is 1. The number of aromatic nitrogens is 2. The molecule has 5 rings (SSSR count). The fraction of sp³-hybridized carbons (Fsp3) is 0.292. The van der Waals surface area contributed by atoms with Crippen LogP contribution in [0.5, 0.6) is 5.75 Å². The molecular formula is C24H24N4O4S3. The SMILES string of the molecule is COc1ccc2nc(N(Cc3ccncc3)C(=O)C3CCN(S(=O)(=O)c4cccs4)CC3)sc2c1. The number of carbonyl (C=O) groups excluding carboxylic acids is 1. The van der Waals surface area contributed by atoms with Crippen LogP contribution in [0.15, 0.2) is 64.4 Å². The number of methoxy groups -OCH3 is 1. The van der Waals surface area contributed by atoms with Crippen molar-refractivity contribution in [2.24, 2.45) is 5.92 Å². The van der Waals surface area contributed by atoms with Gasteiger partial charge < -0.3 is 4.74 Å². The average Bonchev–Trinajstić information content (AvgIpc) is 3.58. The second kappa shape index (κ2) is 10.0. The lowest BCUT2D eigenvalue weighted by Crippen LogP contribution is -2.44. The minimum Gasteiger partial charge on any atom is -0.497 e. The zero-order valence-corrected chi connectivity index (χ0v) is 21.5. The number of hydrogen-bond acceptors (Lipinski definition) is 8. The number of piperidine rings is 1. The van der Waals surface area contributed by atoms with E-state index in [2.05, 4.69) is 4.98 Å². The number of nitrogens with zero attached hydrogens (tertiary/aromatic N) is 4. The molecule has 1 saturated heterocycles. The van der Waals surface area contributed by atoms with Crippen LogP contribution in [-0.2, 0) is 21.4 Å². The average molecular weight is 529 g/mol. The lowest BCUT2D eigenvalue weighted by Gasteiger charge is -2.32. The van der Waals surface area contributed by atoms with Gasteiger partial charge in [-0.05, 0) is 60.2 Å². The second-order valence-corrected chi connectivity index (χ2v) is 12.3. The van der Waals surface area contributed by atoms with Gasteiger partial charge in [-0.2, -0.15) is 4.31 Å². The van der Waals surface area contributed by atoms with Gasteiger partial charge in [0.25, 0.3) is 10.0 Å². The summed E-state index contributed by atoms with van der Waals surface area (Å²) in [4.78, 5) is 24.3. The van der Waals surface area contributed by atoms with Crippen molar-refractivity contribution >= 4 is 54.0 Å². The highest BCUT2D eigenvalue weighted by atomic mass is 32.2. The number of fused-ring (bicyclic) bond motifs is 1. The number of sulfonamides is 1. The third kappa shape index (κ3) is 4.94. The van der Waals surface area contributed by atoms with Crippen LogP contribution in [-0.4, -0.2) is 48.8 Å². The van der Waals surface area contributed by atoms with Gasteiger partial charge >= 0.3 is 0 Å². The van der Waals surface area contributed by atoms with Gasteiger partial charge in [-0.1, -0.05) is 17.4 Å². The molecule has 4 aromatic rings. The number of pyridine rings is 1. The predicted molar refractivity (Wildman–Crippen MR) is 137 cm³/mol. The number of benzene rings is 1. The number of thiophene rings is 1. The summed E-state index contributed by atoms with van der Waals surface area (Å²) < 4.78 is 33.9. The Balaban J connectivity index is 1.39. The van der Waals surface area contributed by atoms with Crippen molar-refractivity contribution in [3.8, 4) is 5.75 Å². The standard InChI is InChI=1S/C24H24N4O4S3/c1-32-19-4-5-20-21(15-19)34-24(26-20)28(16-17-6-10-25-11-7-17)23(29)18-8-12-27(13-9-18)35(30,31)22-3-2-14-33-22/h2-7,10-11,14-15,18H,8-9,12-13,16H2,1H3. The Labute approximate surface area is 211 Å². The second-order valence-electron chi connectivity index (χ2n) is 8.22. The molecule has 0 N–H and O–H groups in total. The van der Waals surface area contributed by atoms with Crippen LogP contribution < -0.4 is 9.64 Å². The smallest absolute Gasteiger partial charge is 0.252 e. The number of rotatable bonds is 7. The highest BCUT2D eigenvalue weighted by Crippen LogP contribution is 2.34. The van der Waals surface area contributed by atoms with E-state index in [0.717, 1.165) is 21.5 Å². The lowest BCUT2D eigenvalue weighted by molar-refractivity contribution is -0.123. The van der Waals surface area contributed by atoms with Crippen LogP contribution in [0.25, 0.3) is 10.2 Å². The Morgan fingerprint density at radius 1 is 1.17 bits per heavy atom. The molecule has 1 aliphatic rings. The number of carbonyl (C=O) groups is 1. The van der Waals surface area contributed by atoms with E-state index in [1.54, 1.807) is 41.9 Å². The fourth-order valence-corrected chi connectivity index (χ4v) is 7.76. The summed E-state index contributed by atoms with van der Waals surface area (Å²) in [7, 11) is -1.90. The summed E-state index contributed by atoms with van der Waals surface area (Å²) >= 11 is 2.66. The zero-order valence-electron chi connectivity index (χ0n) is 19.0. The van der Waals surface area contributed by atoms with Crippen molar-refractivity contribution in [2.75, 3.05) is 25.1 Å². The van der Waals surface area contributed by atoms with Gasteiger partial charge in [0, 0.05) is 31.4 Å². The molecule has 1 aromatic carbocycles. The van der Waals surface area contributed by atoms with E-state index < -0.39 is 10.0 Å². The van der Waals surface area contributed by atoms with E-state index in [9.17, 15) is 13.2 Å². The van der Waals surface area contributed by atoms with Crippen LogP contribution in [0.2, 0.25) is 0 Å². The molecule has 4 heterocycles. The van der Waals surface area contributed by atoms with E-state index in [0.29, 0.717) is 41.8 Å². The number of ether oxygens (including phenoxy) is 1. The first-order chi connectivity index (χ1) is 17.0. The molecule has 35 heavy (non-hydrogen) atoms. The Kier molecular flexibility index (Phi) is 6.83. The van der Waals surface area contributed by atoms with E-state index in [-0.39, 0.29) is 11.8 Å². The van der Waals surface area contributed by atoms with Gasteiger partial charge in [0.2, 0.25) is 5.91 Å². The summed E-state index contributed by atoms with van der Waals surface area (Å²) in [6, 6.07) is 12.8. The summed E-state index contributed by atoms with van der Waals surface area (Å²) in [5.74, 6) is 0.410. The van der Waals surface area contributed by atoms with Gasteiger partial charge in [-0.3, -0.25) is 14.7 Å². The fourth-order valence-electron chi connectivity index (χ4n) is 4.15. The molecular weight excluding hydrogens is 504 g/mol. The van der Waals surface area contributed by atoms with Crippen LogP contribution in [0.4, 0.5) is 5.13 Å². The first kappa shape index (κ1) is 23.9. The summed E-state index contributed by atoms with van der Waals surface area (Å²) in [6.07, 6.45) is 4.34. The number of thiazole rings is 1. The Morgan fingerprint density at radius 2 is 1.94 bits per heavy atom. The topological polar surface area (TPSA) is 92.7 Å². The van der Waals surface area contributed by atoms with E-state index in [4.69, 9.17) is 9.72 Å². The minimum absolute atomic E-state index is 0.0407. The molecule has 1 amide bonds. The summed E-state index contributed by atoms with van der Waals surface area (Å²) in [5, 5.41) is 2.37. The first-order valence-electron chi connectivity index (χ1n) is 11.1. The van der Waals surface area contributed by atoms with Crippen molar-refractivity contribution < 1.29 is 17.9 Å². The Hall–Kier alpha value is -2.86. The molecule has 0 atom stereocenters. The van der Waals surface area contributed by atoms with Crippen molar-refractivity contribution in [3.05, 3.63) is 65.8 Å². The van der Waals surface area contributed by atoms with E-state index in [1.165, 1.54) is 27.0 Å². The highest BCUT2D eigenvalue weighted by Gasteiger charge is 2.35. The molecule has 1 fully saturated rings. The molecule has 0 saturated carbocycles. The van der Waals surface area contributed by atoms with Crippen molar-refractivity contribution in [1.29, 1.82) is 0 Å². The normalized spacial score (nSPS) is 15.3. The van der Waals surface area contributed by atoms with Gasteiger partial charge in [0.1, 0.15) is 9.96 Å². The molecule has 8 nitrogen and oxygen atoms in total.